The van der Waals surface area contributed by atoms with E-state index in [9.17, 15) is 0 Å². The molecule has 12 heavy (non-hydrogen) atoms. The average Bonchev–Trinajstić information content (AvgIpc) is 2.05. The first kappa shape index (κ1) is 9.00. The van der Waals surface area contributed by atoms with Crippen LogP contribution in [0.4, 0.5) is 5.69 Å². The van der Waals surface area contributed by atoms with Gasteiger partial charge in [-0.15, -0.1) is 0 Å². The van der Waals surface area contributed by atoms with Gasteiger partial charge >= 0.3 is 0 Å². The standard InChI is InChI=1S/C9H14N2O/c1-9(2,6-12)7-5-11-4-3-8(7)10/h3-5,12H,6H2,1-2H3,(H2,10,11). The van der Waals surface area contributed by atoms with Crippen LogP contribution in [0.2, 0.25) is 0 Å². The first-order valence-electron chi connectivity index (χ1n) is 3.89. The molecule has 0 unspecified atom stereocenters. The Labute approximate surface area is 72.2 Å². The number of hydrogen-bond acceptors (Lipinski definition) is 3. The van der Waals surface area contributed by atoms with Gasteiger partial charge in [0, 0.05) is 29.1 Å². The van der Waals surface area contributed by atoms with Gasteiger partial charge in [0.25, 0.3) is 0 Å². The Bertz CT molecular complexity index is 271. The summed E-state index contributed by atoms with van der Waals surface area (Å²) in [5.74, 6) is 0. The Hall–Kier alpha value is -1.09. The highest BCUT2D eigenvalue weighted by Gasteiger charge is 2.21. The monoisotopic (exact) mass is 166 g/mol. The van der Waals surface area contributed by atoms with Crippen LogP contribution in [-0.2, 0) is 5.41 Å². The van der Waals surface area contributed by atoms with Crippen LogP contribution in [0.3, 0.4) is 0 Å². The smallest absolute Gasteiger partial charge is 0.0523 e. The minimum absolute atomic E-state index is 0.0723. The molecule has 0 spiro atoms. The van der Waals surface area contributed by atoms with Crippen molar-refractivity contribution in [3.63, 3.8) is 0 Å². The molecule has 66 valence electrons. The molecule has 3 N–H and O–H groups in total. The number of aromatic nitrogens is 1. The van der Waals surface area contributed by atoms with Crippen LogP contribution in [-0.4, -0.2) is 16.7 Å². The Kier molecular flexibility index (Phi) is 2.33. The van der Waals surface area contributed by atoms with Gasteiger partial charge in [0.2, 0.25) is 0 Å². The van der Waals surface area contributed by atoms with Crippen molar-refractivity contribution in [2.24, 2.45) is 0 Å². The number of hydrogen-bond donors (Lipinski definition) is 2. The van der Waals surface area contributed by atoms with E-state index in [1.807, 2.05) is 13.8 Å². The second kappa shape index (κ2) is 3.11. The van der Waals surface area contributed by atoms with Gasteiger partial charge in [0.1, 0.15) is 0 Å². The molecule has 0 atom stereocenters. The highest BCUT2D eigenvalue weighted by molar-refractivity contribution is 5.48. The third kappa shape index (κ3) is 1.56. The summed E-state index contributed by atoms with van der Waals surface area (Å²) in [4.78, 5) is 3.97. The minimum Gasteiger partial charge on any atom is -0.398 e. The Morgan fingerprint density at radius 3 is 2.75 bits per heavy atom. The SMILES string of the molecule is CC(C)(CO)c1cnccc1N. The maximum absolute atomic E-state index is 9.09. The number of aliphatic hydroxyl groups is 1. The predicted molar refractivity (Wildman–Crippen MR) is 48.8 cm³/mol. The molecule has 0 radical (unpaired) electrons. The third-order valence-corrected chi connectivity index (χ3v) is 1.98. The maximum atomic E-state index is 9.09. The molecule has 0 aliphatic rings. The number of aliphatic hydroxyl groups excluding tert-OH is 1. The topological polar surface area (TPSA) is 59.1 Å². The molecule has 0 saturated heterocycles. The van der Waals surface area contributed by atoms with Gasteiger partial charge in [0.15, 0.2) is 0 Å². The lowest BCUT2D eigenvalue weighted by atomic mass is 9.86. The molecule has 3 nitrogen and oxygen atoms in total. The molecule has 0 saturated carbocycles. The number of nitrogens with two attached hydrogens (primary N) is 1. The van der Waals surface area contributed by atoms with Crippen LogP contribution in [0.25, 0.3) is 0 Å². The van der Waals surface area contributed by atoms with Gasteiger partial charge in [-0.2, -0.15) is 0 Å². The molecular formula is C9H14N2O. The minimum atomic E-state index is -0.307. The lowest BCUT2D eigenvalue weighted by Gasteiger charge is -2.23. The van der Waals surface area contributed by atoms with Crippen LogP contribution >= 0.6 is 0 Å². The zero-order valence-electron chi connectivity index (χ0n) is 7.41. The van der Waals surface area contributed by atoms with Crippen molar-refractivity contribution in [1.29, 1.82) is 0 Å². The Morgan fingerprint density at radius 2 is 2.25 bits per heavy atom. The van der Waals surface area contributed by atoms with Crippen LogP contribution in [0.5, 0.6) is 0 Å². The summed E-state index contributed by atoms with van der Waals surface area (Å²) in [6.07, 6.45) is 3.35. The molecule has 1 aromatic rings. The van der Waals surface area contributed by atoms with Gasteiger partial charge in [-0.3, -0.25) is 4.98 Å². The maximum Gasteiger partial charge on any atom is 0.0523 e. The third-order valence-electron chi connectivity index (χ3n) is 1.98. The molecule has 0 aliphatic heterocycles. The van der Waals surface area contributed by atoms with Crippen molar-refractivity contribution >= 4 is 5.69 Å². The molecule has 1 rings (SSSR count). The van der Waals surface area contributed by atoms with E-state index in [-0.39, 0.29) is 12.0 Å². The number of nitrogen functional groups attached to an aromatic ring is 1. The van der Waals surface area contributed by atoms with Gasteiger partial charge < -0.3 is 10.8 Å². The van der Waals surface area contributed by atoms with Gasteiger partial charge in [-0.05, 0) is 6.07 Å². The van der Waals surface area contributed by atoms with Crippen molar-refractivity contribution < 1.29 is 5.11 Å². The van der Waals surface area contributed by atoms with E-state index in [0.717, 1.165) is 5.56 Å². The lowest BCUT2D eigenvalue weighted by Crippen LogP contribution is -2.23. The quantitative estimate of drug-likeness (QED) is 0.687. The summed E-state index contributed by atoms with van der Waals surface area (Å²) >= 11 is 0. The predicted octanol–water partition coefficient (Wildman–Crippen LogP) is 0.934. The first-order chi connectivity index (χ1) is 5.58. The highest BCUT2D eigenvalue weighted by Crippen LogP contribution is 2.26. The van der Waals surface area contributed by atoms with E-state index < -0.39 is 0 Å². The summed E-state index contributed by atoms with van der Waals surface area (Å²) in [6, 6.07) is 1.74. The van der Waals surface area contributed by atoms with E-state index in [4.69, 9.17) is 10.8 Å². The summed E-state index contributed by atoms with van der Waals surface area (Å²) in [5.41, 5.74) is 7.00. The summed E-state index contributed by atoms with van der Waals surface area (Å²) in [7, 11) is 0. The van der Waals surface area contributed by atoms with Crippen LogP contribution < -0.4 is 5.73 Å². The van der Waals surface area contributed by atoms with Crippen molar-refractivity contribution in [1.82, 2.24) is 4.98 Å². The normalized spacial score (nSPS) is 11.6. The number of anilines is 1. The highest BCUT2D eigenvalue weighted by atomic mass is 16.3. The second-order valence-electron chi connectivity index (χ2n) is 3.50. The van der Waals surface area contributed by atoms with Crippen molar-refractivity contribution in [2.45, 2.75) is 19.3 Å². The molecule has 3 heteroatoms. The Balaban J connectivity index is 3.10. The fraction of sp³-hybridized carbons (Fsp3) is 0.444. The molecule has 1 aromatic heterocycles. The molecule has 0 aliphatic carbocycles. The van der Waals surface area contributed by atoms with Crippen LogP contribution in [0.1, 0.15) is 19.4 Å². The zero-order chi connectivity index (χ0) is 9.19. The summed E-state index contributed by atoms with van der Waals surface area (Å²) < 4.78 is 0. The van der Waals surface area contributed by atoms with Crippen molar-refractivity contribution in [3.05, 3.63) is 24.0 Å². The molecule has 0 fully saturated rings. The Morgan fingerprint density at radius 1 is 1.58 bits per heavy atom. The molecule has 0 amide bonds. The van der Waals surface area contributed by atoms with Gasteiger partial charge in [-0.1, -0.05) is 13.8 Å². The van der Waals surface area contributed by atoms with E-state index >= 15 is 0 Å². The van der Waals surface area contributed by atoms with Crippen LogP contribution in [0, 0.1) is 0 Å². The fourth-order valence-corrected chi connectivity index (χ4v) is 1.06. The number of rotatable bonds is 2. The number of pyridine rings is 1. The van der Waals surface area contributed by atoms with E-state index in [0.29, 0.717) is 5.69 Å². The number of nitrogens with zero attached hydrogens (tertiary/aromatic N) is 1. The fourth-order valence-electron chi connectivity index (χ4n) is 1.06. The van der Waals surface area contributed by atoms with Crippen LogP contribution in [0.15, 0.2) is 18.5 Å². The largest absolute Gasteiger partial charge is 0.398 e. The summed E-state index contributed by atoms with van der Waals surface area (Å²) in [5, 5.41) is 9.09. The molecule has 1 heterocycles. The zero-order valence-corrected chi connectivity index (χ0v) is 7.41. The average molecular weight is 166 g/mol. The first-order valence-corrected chi connectivity index (χ1v) is 3.89. The lowest BCUT2D eigenvalue weighted by molar-refractivity contribution is 0.218. The van der Waals surface area contributed by atoms with E-state index in [1.54, 1.807) is 18.5 Å². The van der Waals surface area contributed by atoms with E-state index in [1.165, 1.54) is 0 Å². The van der Waals surface area contributed by atoms with Crippen molar-refractivity contribution in [3.8, 4) is 0 Å². The van der Waals surface area contributed by atoms with Crippen molar-refractivity contribution in [2.75, 3.05) is 12.3 Å². The molecular weight excluding hydrogens is 152 g/mol. The van der Waals surface area contributed by atoms with E-state index in [2.05, 4.69) is 4.98 Å². The second-order valence-corrected chi connectivity index (χ2v) is 3.50. The molecule has 0 aromatic carbocycles. The van der Waals surface area contributed by atoms with Gasteiger partial charge in [0.05, 0.1) is 6.61 Å². The summed E-state index contributed by atoms with van der Waals surface area (Å²) in [6.45, 7) is 3.93. The van der Waals surface area contributed by atoms with Gasteiger partial charge in [-0.25, -0.2) is 0 Å². The molecule has 0 bridgehead atoms.